The number of nitrogens with zero attached hydrogens (tertiary/aromatic N) is 2. The lowest BCUT2D eigenvalue weighted by atomic mass is 10.3. The topological polar surface area (TPSA) is 46.9 Å². The Kier molecular flexibility index (Phi) is 3.18. The van der Waals surface area contributed by atoms with E-state index in [4.69, 9.17) is 0 Å². The van der Waals surface area contributed by atoms with Gasteiger partial charge in [-0.15, -0.1) is 0 Å². The van der Waals surface area contributed by atoms with Crippen molar-refractivity contribution in [2.75, 3.05) is 5.32 Å². The van der Waals surface area contributed by atoms with Gasteiger partial charge in [0.15, 0.2) is 5.82 Å². The van der Waals surface area contributed by atoms with Gasteiger partial charge in [-0.3, -0.25) is 4.79 Å². The summed E-state index contributed by atoms with van der Waals surface area (Å²) in [7, 11) is 0. The molecule has 0 saturated carbocycles. The standard InChI is InChI=1S/C12H12FN3O/c1-2-12(17)14-11-6-7-16(15-11)10-5-3-4-9(13)8-10/h3-8H,2H2,1H3,(H,14,15,17). The number of hydrogen-bond acceptors (Lipinski definition) is 2. The predicted molar refractivity (Wildman–Crippen MR) is 62.4 cm³/mol. The van der Waals surface area contributed by atoms with Crippen LogP contribution >= 0.6 is 0 Å². The van der Waals surface area contributed by atoms with E-state index in [0.29, 0.717) is 17.9 Å². The molecule has 0 bridgehead atoms. The lowest BCUT2D eigenvalue weighted by Crippen LogP contribution is -2.10. The Hall–Kier alpha value is -2.17. The quantitative estimate of drug-likeness (QED) is 0.884. The van der Waals surface area contributed by atoms with Crippen LogP contribution in [0.15, 0.2) is 36.5 Å². The van der Waals surface area contributed by atoms with E-state index in [9.17, 15) is 9.18 Å². The third-order valence-electron chi connectivity index (χ3n) is 2.25. The minimum absolute atomic E-state index is 0.102. The Labute approximate surface area is 98.1 Å². The third kappa shape index (κ3) is 2.69. The summed E-state index contributed by atoms with van der Waals surface area (Å²) in [4.78, 5) is 11.2. The van der Waals surface area contributed by atoms with Crippen molar-refractivity contribution in [1.29, 1.82) is 0 Å². The Balaban J connectivity index is 2.21. The number of nitrogens with one attached hydrogen (secondary N) is 1. The zero-order valence-electron chi connectivity index (χ0n) is 9.35. The molecule has 5 heteroatoms. The highest BCUT2D eigenvalue weighted by atomic mass is 19.1. The summed E-state index contributed by atoms with van der Waals surface area (Å²) in [6.45, 7) is 1.76. The van der Waals surface area contributed by atoms with E-state index in [2.05, 4.69) is 10.4 Å². The largest absolute Gasteiger partial charge is 0.309 e. The van der Waals surface area contributed by atoms with Crippen molar-refractivity contribution in [3.63, 3.8) is 0 Å². The van der Waals surface area contributed by atoms with Gasteiger partial charge in [0.05, 0.1) is 5.69 Å². The Morgan fingerprint density at radius 2 is 2.29 bits per heavy atom. The summed E-state index contributed by atoms with van der Waals surface area (Å²) in [5, 5.41) is 6.76. The van der Waals surface area contributed by atoms with E-state index in [-0.39, 0.29) is 11.7 Å². The molecule has 0 fully saturated rings. The van der Waals surface area contributed by atoms with E-state index >= 15 is 0 Å². The van der Waals surface area contributed by atoms with Gasteiger partial charge in [0, 0.05) is 18.7 Å². The van der Waals surface area contributed by atoms with Crippen LogP contribution in [-0.4, -0.2) is 15.7 Å². The monoisotopic (exact) mass is 233 g/mol. The normalized spacial score (nSPS) is 10.2. The van der Waals surface area contributed by atoms with Gasteiger partial charge >= 0.3 is 0 Å². The van der Waals surface area contributed by atoms with E-state index in [1.807, 2.05) is 0 Å². The Morgan fingerprint density at radius 1 is 1.47 bits per heavy atom. The van der Waals surface area contributed by atoms with Crippen molar-refractivity contribution < 1.29 is 9.18 Å². The molecule has 1 heterocycles. The molecule has 0 aliphatic carbocycles. The molecule has 1 N–H and O–H groups in total. The fourth-order valence-corrected chi connectivity index (χ4v) is 1.38. The number of halogens is 1. The maximum atomic E-state index is 13.0. The van der Waals surface area contributed by atoms with Crippen LogP contribution in [0.4, 0.5) is 10.2 Å². The molecular formula is C12H12FN3O. The summed E-state index contributed by atoms with van der Waals surface area (Å²) in [6.07, 6.45) is 2.06. The third-order valence-corrected chi connectivity index (χ3v) is 2.25. The first-order valence-electron chi connectivity index (χ1n) is 5.30. The van der Waals surface area contributed by atoms with E-state index in [1.165, 1.54) is 16.8 Å². The van der Waals surface area contributed by atoms with E-state index in [0.717, 1.165) is 0 Å². The Bertz CT molecular complexity index is 536. The van der Waals surface area contributed by atoms with Crippen LogP contribution in [0.25, 0.3) is 5.69 Å². The molecule has 88 valence electrons. The number of carbonyl (C=O) groups excluding carboxylic acids is 1. The number of benzene rings is 1. The van der Waals surface area contributed by atoms with Crippen LogP contribution in [0, 0.1) is 5.82 Å². The maximum Gasteiger partial charge on any atom is 0.225 e. The SMILES string of the molecule is CCC(=O)Nc1ccn(-c2cccc(F)c2)n1. The first kappa shape index (κ1) is 11.3. The predicted octanol–water partition coefficient (Wildman–Crippen LogP) is 2.36. The lowest BCUT2D eigenvalue weighted by molar-refractivity contribution is -0.115. The highest BCUT2D eigenvalue weighted by Gasteiger charge is 2.04. The van der Waals surface area contributed by atoms with Gasteiger partial charge < -0.3 is 5.32 Å². The van der Waals surface area contributed by atoms with Crippen LogP contribution < -0.4 is 5.32 Å². The number of amides is 1. The highest BCUT2D eigenvalue weighted by molar-refractivity contribution is 5.89. The van der Waals surface area contributed by atoms with Gasteiger partial charge in [-0.05, 0) is 18.2 Å². The van der Waals surface area contributed by atoms with Crippen LogP contribution in [-0.2, 0) is 4.79 Å². The molecule has 0 saturated heterocycles. The first-order valence-corrected chi connectivity index (χ1v) is 5.30. The van der Waals surface area contributed by atoms with Gasteiger partial charge in [-0.2, -0.15) is 5.10 Å². The zero-order chi connectivity index (χ0) is 12.3. The molecule has 0 atom stereocenters. The summed E-state index contributed by atoms with van der Waals surface area (Å²) >= 11 is 0. The smallest absolute Gasteiger partial charge is 0.225 e. The molecular weight excluding hydrogens is 221 g/mol. The number of hydrogen-bond donors (Lipinski definition) is 1. The van der Waals surface area contributed by atoms with Gasteiger partial charge in [0.2, 0.25) is 5.91 Å². The van der Waals surface area contributed by atoms with Crippen molar-refractivity contribution in [2.45, 2.75) is 13.3 Å². The highest BCUT2D eigenvalue weighted by Crippen LogP contribution is 2.11. The van der Waals surface area contributed by atoms with Crippen molar-refractivity contribution in [1.82, 2.24) is 9.78 Å². The maximum absolute atomic E-state index is 13.0. The summed E-state index contributed by atoms with van der Waals surface area (Å²) in [6, 6.07) is 7.75. The average Bonchev–Trinajstić information content (AvgIpc) is 2.77. The van der Waals surface area contributed by atoms with Crippen LogP contribution in [0.2, 0.25) is 0 Å². The van der Waals surface area contributed by atoms with Gasteiger partial charge in [0.1, 0.15) is 5.82 Å². The molecule has 2 aromatic rings. The second-order valence-electron chi connectivity index (χ2n) is 3.53. The number of anilines is 1. The van der Waals surface area contributed by atoms with Crippen molar-refractivity contribution in [3.8, 4) is 5.69 Å². The molecule has 0 aliphatic rings. The fourth-order valence-electron chi connectivity index (χ4n) is 1.38. The molecule has 0 aliphatic heterocycles. The van der Waals surface area contributed by atoms with Gasteiger partial charge in [-0.25, -0.2) is 9.07 Å². The lowest BCUT2D eigenvalue weighted by Gasteiger charge is -2.01. The number of rotatable bonds is 3. The van der Waals surface area contributed by atoms with E-state index in [1.54, 1.807) is 31.3 Å². The molecule has 1 aromatic carbocycles. The second-order valence-corrected chi connectivity index (χ2v) is 3.53. The van der Waals surface area contributed by atoms with Crippen LogP contribution in [0.3, 0.4) is 0 Å². The van der Waals surface area contributed by atoms with Crippen molar-refractivity contribution in [3.05, 3.63) is 42.3 Å². The minimum Gasteiger partial charge on any atom is -0.309 e. The molecule has 2 rings (SSSR count). The minimum atomic E-state index is -0.322. The summed E-state index contributed by atoms with van der Waals surface area (Å²) < 4.78 is 14.5. The molecule has 0 radical (unpaired) electrons. The number of aromatic nitrogens is 2. The average molecular weight is 233 g/mol. The number of carbonyl (C=O) groups is 1. The van der Waals surface area contributed by atoms with Gasteiger partial charge in [0.25, 0.3) is 0 Å². The summed E-state index contributed by atoms with van der Waals surface area (Å²) in [5.74, 6) is 0.0350. The fraction of sp³-hybridized carbons (Fsp3) is 0.167. The summed E-state index contributed by atoms with van der Waals surface area (Å²) in [5.41, 5.74) is 0.613. The van der Waals surface area contributed by atoms with Gasteiger partial charge in [-0.1, -0.05) is 13.0 Å². The molecule has 0 unspecified atom stereocenters. The zero-order valence-corrected chi connectivity index (χ0v) is 9.35. The molecule has 4 nitrogen and oxygen atoms in total. The van der Waals surface area contributed by atoms with Crippen LogP contribution in [0.5, 0.6) is 0 Å². The van der Waals surface area contributed by atoms with Crippen molar-refractivity contribution in [2.24, 2.45) is 0 Å². The first-order chi connectivity index (χ1) is 8.19. The second kappa shape index (κ2) is 4.78. The van der Waals surface area contributed by atoms with E-state index < -0.39 is 0 Å². The van der Waals surface area contributed by atoms with Crippen LogP contribution in [0.1, 0.15) is 13.3 Å². The molecule has 1 amide bonds. The van der Waals surface area contributed by atoms with Crippen molar-refractivity contribution >= 4 is 11.7 Å². The molecule has 0 spiro atoms. The Morgan fingerprint density at radius 3 is 3.00 bits per heavy atom. The molecule has 17 heavy (non-hydrogen) atoms. The molecule has 1 aromatic heterocycles.